The van der Waals surface area contributed by atoms with Crippen molar-refractivity contribution in [2.75, 3.05) is 26.0 Å². The van der Waals surface area contributed by atoms with Crippen LogP contribution in [0.25, 0.3) is 11.5 Å². The summed E-state index contributed by atoms with van der Waals surface area (Å²) in [6.07, 6.45) is 0. The molecule has 28 heavy (non-hydrogen) atoms. The number of amides is 1. The Balaban J connectivity index is 1.61. The number of benzene rings is 2. The summed E-state index contributed by atoms with van der Waals surface area (Å²) in [5, 5.41) is 11.7. The minimum atomic E-state index is -0.143. The van der Waals surface area contributed by atoms with Crippen LogP contribution in [0.2, 0.25) is 5.02 Å². The lowest BCUT2D eigenvalue weighted by molar-refractivity contribution is -0.903. The molecule has 0 saturated heterocycles. The first-order chi connectivity index (χ1) is 13.5. The van der Waals surface area contributed by atoms with Crippen LogP contribution < -0.4 is 15.0 Å². The van der Waals surface area contributed by atoms with E-state index in [4.69, 9.17) is 20.8 Å². The van der Waals surface area contributed by atoms with Crippen molar-refractivity contribution in [2.24, 2.45) is 0 Å². The molecule has 0 saturated carbocycles. The van der Waals surface area contributed by atoms with Crippen LogP contribution in [0, 0.1) is 0 Å². The average molecular weight is 402 g/mol. The number of carbonyl (C=O) groups excluding carboxylic acids is 1. The molecule has 1 unspecified atom stereocenters. The van der Waals surface area contributed by atoms with Crippen molar-refractivity contribution in [1.82, 2.24) is 10.2 Å². The van der Waals surface area contributed by atoms with Crippen molar-refractivity contribution in [3.05, 3.63) is 59.4 Å². The minimum absolute atomic E-state index is 0.110. The molecule has 3 rings (SSSR count). The van der Waals surface area contributed by atoms with E-state index in [0.29, 0.717) is 22.5 Å². The van der Waals surface area contributed by atoms with Crippen LogP contribution in [0.15, 0.2) is 52.9 Å². The third kappa shape index (κ3) is 4.88. The van der Waals surface area contributed by atoms with Gasteiger partial charge < -0.3 is 19.4 Å². The molecule has 0 aliphatic heterocycles. The second kappa shape index (κ2) is 8.86. The van der Waals surface area contributed by atoms with Gasteiger partial charge in [-0.15, -0.1) is 10.2 Å². The summed E-state index contributed by atoms with van der Waals surface area (Å²) in [6.45, 7) is 2.19. The molecule has 0 bridgehead atoms. The highest BCUT2D eigenvalue weighted by molar-refractivity contribution is 6.30. The van der Waals surface area contributed by atoms with E-state index >= 15 is 0 Å². The monoisotopic (exact) mass is 401 g/mol. The fourth-order valence-electron chi connectivity index (χ4n) is 2.62. The number of ether oxygens (including phenoxy) is 1. The Labute approximate surface area is 168 Å². The maximum absolute atomic E-state index is 12.3. The van der Waals surface area contributed by atoms with E-state index < -0.39 is 0 Å². The summed E-state index contributed by atoms with van der Waals surface area (Å²) >= 11 is 5.86. The molecule has 1 aromatic heterocycles. The zero-order valence-electron chi connectivity index (χ0n) is 15.9. The smallest absolute Gasteiger partial charge is 0.279 e. The second-order valence-electron chi connectivity index (χ2n) is 6.47. The molecule has 146 valence electrons. The summed E-state index contributed by atoms with van der Waals surface area (Å²) < 4.78 is 11.0. The number of methoxy groups -OCH3 is 1. The van der Waals surface area contributed by atoms with Gasteiger partial charge in [-0.05, 0) is 55.5 Å². The van der Waals surface area contributed by atoms with Crippen molar-refractivity contribution < 1.29 is 18.8 Å². The molecule has 7 nitrogen and oxygen atoms in total. The van der Waals surface area contributed by atoms with Gasteiger partial charge in [0.1, 0.15) is 5.75 Å². The van der Waals surface area contributed by atoms with Gasteiger partial charge in [0.15, 0.2) is 12.6 Å². The van der Waals surface area contributed by atoms with Crippen LogP contribution in [0.4, 0.5) is 5.69 Å². The Morgan fingerprint density at radius 1 is 1.18 bits per heavy atom. The zero-order chi connectivity index (χ0) is 20.1. The Bertz CT molecular complexity index is 925. The molecule has 2 aromatic carbocycles. The summed E-state index contributed by atoms with van der Waals surface area (Å²) in [5.74, 6) is 1.56. The van der Waals surface area contributed by atoms with Gasteiger partial charge in [-0.1, -0.05) is 11.6 Å². The van der Waals surface area contributed by atoms with Crippen LogP contribution in [-0.2, 0) is 4.79 Å². The predicted octanol–water partition coefficient (Wildman–Crippen LogP) is 2.61. The first-order valence-corrected chi connectivity index (χ1v) is 9.19. The summed E-state index contributed by atoms with van der Waals surface area (Å²) in [7, 11) is 3.52. The van der Waals surface area contributed by atoms with Gasteiger partial charge in [-0.3, -0.25) is 4.79 Å². The Kier molecular flexibility index (Phi) is 6.28. The first kappa shape index (κ1) is 19.9. The Hall–Kier alpha value is -2.90. The molecule has 2 N–H and O–H groups in total. The highest BCUT2D eigenvalue weighted by Gasteiger charge is 2.24. The number of aromatic nitrogens is 2. The maximum atomic E-state index is 12.3. The average Bonchev–Trinajstić information content (AvgIpc) is 3.19. The molecule has 0 spiro atoms. The van der Waals surface area contributed by atoms with Crippen molar-refractivity contribution in [3.8, 4) is 17.2 Å². The molecule has 0 aliphatic carbocycles. The topological polar surface area (TPSA) is 81.7 Å². The lowest BCUT2D eigenvalue weighted by Crippen LogP contribution is -3.10. The molecular formula is C20H22ClN4O3+. The molecule has 8 heteroatoms. The highest BCUT2D eigenvalue weighted by Crippen LogP contribution is 2.22. The number of nitrogens with one attached hydrogen (secondary N) is 2. The van der Waals surface area contributed by atoms with E-state index in [1.807, 2.05) is 38.2 Å². The molecule has 3 aromatic rings. The van der Waals surface area contributed by atoms with Gasteiger partial charge in [0.05, 0.1) is 14.2 Å². The van der Waals surface area contributed by atoms with E-state index in [1.165, 1.54) is 0 Å². The van der Waals surface area contributed by atoms with Crippen LogP contribution in [-0.4, -0.2) is 36.8 Å². The summed E-state index contributed by atoms with van der Waals surface area (Å²) in [4.78, 5) is 13.2. The van der Waals surface area contributed by atoms with Crippen molar-refractivity contribution in [3.63, 3.8) is 0 Å². The van der Waals surface area contributed by atoms with Crippen molar-refractivity contribution in [1.29, 1.82) is 0 Å². The Morgan fingerprint density at radius 2 is 1.86 bits per heavy atom. The quantitative estimate of drug-likeness (QED) is 0.636. The van der Waals surface area contributed by atoms with Gasteiger partial charge >= 0.3 is 0 Å². The van der Waals surface area contributed by atoms with Crippen LogP contribution in [0.5, 0.6) is 5.75 Å². The number of anilines is 1. The Morgan fingerprint density at radius 3 is 2.50 bits per heavy atom. The van der Waals surface area contributed by atoms with Crippen LogP contribution >= 0.6 is 11.6 Å². The first-order valence-electron chi connectivity index (χ1n) is 8.82. The van der Waals surface area contributed by atoms with Crippen molar-refractivity contribution >= 4 is 23.2 Å². The van der Waals surface area contributed by atoms with Gasteiger partial charge in [-0.25, -0.2) is 0 Å². The van der Waals surface area contributed by atoms with Gasteiger partial charge in [0.2, 0.25) is 5.89 Å². The van der Waals surface area contributed by atoms with E-state index in [1.54, 1.807) is 31.4 Å². The van der Waals surface area contributed by atoms with E-state index in [-0.39, 0.29) is 18.5 Å². The molecule has 0 aliphatic rings. The molecule has 0 fully saturated rings. The largest absolute Gasteiger partial charge is 0.497 e. The van der Waals surface area contributed by atoms with Gasteiger partial charge in [0, 0.05) is 16.3 Å². The zero-order valence-corrected chi connectivity index (χ0v) is 16.7. The van der Waals surface area contributed by atoms with Crippen LogP contribution in [0.1, 0.15) is 18.9 Å². The standard InChI is InChI=1S/C20H21ClN4O3/c1-13(25(2)12-18(26)22-16-8-6-15(21)7-9-16)19-23-24-20(28-19)14-4-10-17(27-3)11-5-14/h4-11,13H,12H2,1-3H3,(H,22,26)/p+1/t13-/m0/s1. The molecule has 1 amide bonds. The fourth-order valence-corrected chi connectivity index (χ4v) is 2.74. The SMILES string of the molecule is COc1ccc(-c2nnc([C@H](C)[NH+](C)CC(=O)Nc3ccc(Cl)cc3)o2)cc1. The number of nitrogens with zero attached hydrogens (tertiary/aromatic N) is 2. The number of likely N-dealkylation sites (N-methyl/N-ethyl adjacent to an activating group) is 1. The number of hydrogen-bond acceptors (Lipinski definition) is 5. The number of carbonyl (C=O) groups is 1. The molecule has 2 atom stereocenters. The third-order valence-electron chi connectivity index (χ3n) is 4.45. The van der Waals surface area contributed by atoms with Gasteiger partial charge in [0.25, 0.3) is 11.8 Å². The van der Waals surface area contributed by atoms with E-state index in [9.17, 15) is 4.79 Å². The highest BCUT2D eigenvalue weighted by atomic mass is 35.5. The maximum Gasteiger partial charge on any atom is 0.279 e. The third-order valence-corrected chi connectivity index (χ3v) is 4.71. The van der Waals surface area contributed by atoms with Crippen LogP contribution in [0.3, 0.4) is 0 Å². The van der Waals surface area contributed by atoms with E-state index in [0.717, 1.165) is 16.2 Å². The molecular weight excluding hydrogens is 380 g/mol. The number of quaternary nitrogens is 1. The summed E-state index contributed by atoms with van der Waals surface area (Å²) in [5.41, 5.74) is 1.51. The number of rotatable bonds is 7. The number of halogens is 1. The lowest BCUT2D eigenvalue weighted by Gasteiger charge is -2.18. The number of hydrogen-bond donors (Lipinski definition) is 2. The normalized spacial score (nSPS) is 13.0. The second-order valence-corrected chi connectivity index (χ2v) is 6.91. The van der Waals surface area contributed by atoms with E-state index in [2.05, 4.69) is 15.5 Å². The van der Waals surface area contributed by atoms with Crippen molar-refractivity contribution in [2.45, 2.75) is 13.0 Å². The summed E-state index contributed by atoms with van der Waals surface area (Å²) in [6, 6.07) is 14.2. The fraction of sp³-hybridized carbons (Fsp3) is 0.250. The molecule has 1 heterocycles. The van der Waals surface area contributed by atoms with Gasteiger partial charge in [-0.2, -0.15) is 0 Å². The molecule has 0 radical (unpaired) electrons. The lowest BCUT2D eigenvalue weighted by atomic mass is 10.2. The minimum Gasteiger partial charge on any atom is -0.497 e. The predicted molar refractivity (Wildman–Crippen MR) is 107 cm³/mol.